The molecule has 0 aliphatic carbocycles. The van der Waals surface area contributed by atoms with E-state index in [-0.39, 0.29) is 12.3 Å². The number of aromatic nitrogens is 4. The predicted octanol–water partition coefficient (Wildman–Crippen LogP) is 2.26. The molecule has 136 valence electrons. The Morgan fingerprint density at radius 1 is 1.19 bits per heavy atom. The SMILES string of the molecule is CN(C)CCc1nnc(NC(=O)CCc2nc(-c3ccccc3)no2)s1. The molecule has 0 radical (unpaired) electrons. The molecule has 0 aliphatic heterocycles. The number of amides is 1. The predicted molar refractivity (Wildman–Crippen MR) is 98.9 cm³/mol. The smallest absolute Gasteiger partial charge is 0.227 e. The van der Waals surface area contributed by atoms with Crippen LogP contribution in [0.5, 0.6) is 0 Å². The minimum absolute atomic E-state index is 0.153. The minimum Gasteiger partial charge on any atom is -0.339 e. The van der Waals surface area contributed by atoms with Crippen LogP contribution in [0.2, 0.25) is 0 Å². The van der Waals surface area contributed by atoms with Crippen LogP contribution >= 0.6 is 11.3 Å². The molecule has 9 heteroatoms. The number of anilines is 1. The Morgan fingerprint density at radius 2 is 2.00 bits per heavy atom. The average Bonchev–Trinajstić information content (AvgIpc) is 3.28. The van der Waals surface area contributed by atoms with Gasteiger partial charge in [-0.3, -0.25) is 4.79 Å². The highest BCUT2D eigenvalue weighted by atomic mass is 32.1. The van der Waals surface area contributed by atoms with E-state index in [0.29, 0.717) is 23.3 Å². The molecule has 26 heavy (non-hydrogen) atoms. The zero-order chi connectivity index (χ0) is 18.4. The van der Waals surface area contributed by atoms with Gasteiger partial charge >= 0.3 is 0 Å². The highest BCUT2D eigenvalue weighted by Gasteiger charge is 2.12. The number of rotatable bonds is 8. The molecular weight excluding hydrogens is 352 g/mol. The Bertz CT molecular complexity index is 846. The minimum atomic E-state index is -0.153. The highest BCUT2D eigenvalue weighted by molar-refractivity contribution is 7.15. The van der Waals surface area contributed by atoms with Crippen LogP contribution in [0, 0.1) is 0 Å². The summed E-state index contributed by atoms with van der Waals surface area (Å²) in [4.78, 5) is 18.5. The second kappa shape index (κ2) is 8.63. The fourth-order valence-electron chi connectivity index (χ4n) is 2.19. The largest absolute Gasteiger partial charge is 0.339 e. The van der Waals surface area contributed by atoms with E-state index in [2.05, 4.69) is 30.6 Å². The maximum atomic E-state index is 12.1. The number of hydrogen-bond acceptors (Lipinski definition) is 8. The fraction of sp³-hybridized carbons (Fsp3) is 0.353. The summed E-state index contributed by atoms with van der Waals surface area (Å²) in [6, 6.07) is 9.56. The Labute approximate surface area is 155 Å². The van der Waals surface area contributed by atoms with Gasteiger partial charge in [-0.25, -0.2) is 0 Å². The van der Waals surface area contributed by atoms with E-state index < -0.39 is 0 Å². The average molecular weight is 372 g/mol. The summed E-state index contributed by atoms with van der Waals surface area (Å²) in [7, 11) is 4.01. The molecule has 0 atom stereocenters. The van der Waals surface area contributed by atoms with Crippen molar-refractivity contribution in [2.45, 2.75) is 19.3 Å². The van der Waals surface area contributed by atoms with Gasteiger partial charge in [0.2, 0.25) is 22.8 Å². The van der Waals surface area contributed by atoms with Crippen molar-refractivity contribution in [3.8, 4) is 11.4 Å². The van der Waals surface area contributed by atoms with Gasteiger partial charge in [-0.1, -0.05) is 46.8 Å². The van der Waals surface area contributed by atoms with E-state index in [1.165, 1.54) is 11.3 Å². The molecular formula is C17H20N6O2S. The molecule has 1 N–H and O–H groups in total. The summed E-state index contributed by atoms with van der Waals surface area (Å²) < 4.78 is 5.21. The lowest BCUT2D eigenvalue weighted by atomic mass is 10.2. The summed E-state index contributed by atoms with van der Waals surface area (Å²) >= 11 is 1.39. The van der Waals surface area contributed by atoms with Gasteiger partial charge in [0.15, 0.2) is 0 Å². The van der Waals surface area contributed by atoms with E-state index in [4.69, 9.17) is 4.52 Å². The van der Waals surface area contributed by atoms with Gasteiger partial charge in [0.05, 0.1) is 0 Å². The summed E-state index contributed by atoms with van der Waals surface area (Å²) in [5.74, 6) is 0.804. The zero-order valence-corrected chi connectivity index (χ0v) is 15.5. The van der Waals surface area contributed by atoms with Crippen molar-refractivity contribution in [3.63, 3.8) is 0 Å². The third-order valence-corrected chi connectivity index (χ3v) is 4.45. The quantitative estimate of drug-likeness (QED) is 0.648. The summed E-state index contributed by atoms with van der Waals surface area (Å²) in [5, 5.41) is 16.2. The monoisotopic (exact) mass is 372 g/mol. The van der Waals surface area contributed by atoms with Crippen LogP contribution in [0.4, 0.5) is 5.13 Å². The molecule has 0 bridgehead atoms. The number of aryl methyl sites for hydroxylation is 1. The zero-order valence-electron chi connectivity index (χ0n) is 14.7. The number of benzene rings is 1. The Kier molecular flexibility index (Phi) is 6.03. The third kappa shape index (κ3) is 5.17. The lowest BCUT2D eigenvalue weighted by Gasteiger charge is -2.05. The summed E-state index contributed by atoms with van der Waals surface area (Å²) in [5.41, 5.74) is 0.881. The first-order valence-electron chi connectivity index (χ1n) is 8.25. The number of nitrogens with zero attached hydrogens (tertiary/aromatic N) is 5. The maximum Gasteiger partial charge on any atom is 0.227 e. The summed E-state index contributed by atoms with van der Waals surface area (Å²) in [6.07, 6.45) is 1.42. The van der Waals surface area contributed by atoms with Gasteiger partial charge in [0.25, 0.3) is 0 Å². The first kappa shape index (κ1) is 18.2. The van der Waals surface area contributed by atoms with Crippen molar-refractivity contribution in [2.24, 2.45) is 0 Å². The molecule has 8 nitrogen and oxygen atoms in total. The summed E-state index contributed by atoms with van der Waals surface area (Å²) in [6.45, 7) is 0.892. The van der Waals surface area contributed by atoms with Crippen molar-refractivity contribution >= 4 is 22.4 Å². The van der Waals surface area contributed by atoms with Crippen molar-refractivity contribution in [2.75, 3.05) is 26.0 Å². The Morgan fingerprint density at radius 3 is 2.77 bits per heavy atom. The molecule has 0 saturated carbocycles. The molecule has 2 heterocycles. The van der Waals surface area contributed by atoms with Crippen molar-refractivity contribution < 1.29 is 9.32 Å². The maximum absolute atomic E-state index is 12.1. The normalized spacial score (nSPS) is 11.0. The van der Waals surface area contributed by atoms with Gasteiger partial charge in [-0.15, -0.1) is 10.2 Å². The van der Waals surface area contributed by atoms with Crippen LogP contribution < -0.4 is 5.32 Å². The second-order valence-corrected chi connectivity index (χ2v) is 7.04. The number of carbonyl (C=O) groups is 1. The van der Waals surface area contributed by atoms with E-state index in [1.807, 2.05) is 44.4 Å². The third-order valence-electron chi connectivity index (χ3n) is 3.55. The number of nitrogens with one attached hydrogen (secondary N) is 1. The first-order chi connectivity index (χ1) is 12.6. The van der Waals surface area contributed by atoms with Gasteiger partial charge in [0.1, 0.15) is 5.01 Å². The molecule has 0 aliphatic rings. The van der Waals surface area contributed by atoms with Crippen molar-refractivity contribution in [1.29, 1.82) is 0 Å². The molecule has 0 unspecified atom stereocenters. The van der Waals surface area contributed by atoms with Crippen LogP contribution in [-0.4, -0.2) is 51.8 Å². The van der Waals surface area contributed by atoms with Crippen LogP contribution in [0.1, 0.15) is 17.3 Å². The van der Waals surface area contributed by atoms with E-state index in [1.54, 1.807) is 0 Å². The van der Waals surface area contributed by atoms with E-state index in [0.717, 1.165) is 23.5 Å². The van der Waals surface area contributed by atoms with Crippen molar-refractivity contribution in [1.82, 2.24) is 25.2 Å². The van der Waals surface area contributed by atoms with Crippen molar-refractivity contribution in [3.05, 3.63) is 41.2 Å². The molecule has 2 aromatic heterocycles. The molecule has 0 fully saturated rings. The van der Waals surface area contributed by atoms with Crippen LogP contribution in [-0.2, 0) is 17.6 Å². The number of carbonyl (C=O) groups excluding carboxylic acids is 1. The number of hydrogen-bond donors (Lipinski definition) is 1. The molecule has 3 aromatic rings. The van der Waals surface area contributed by atoms with Gasteiger partial charge in [-0.05, 0) is 14.1 Å². The number of likely N-dealkylation sites (N-methyl/N-ethyl adjacent to an activating group) is 1. The molecule has 1 amide bonds. The standard InChI is InChI=1S/C17H20N6O2S/c1-23(2)11-10-15-20-21-17(26-15)18-13(24)8-9-14-19-16(22-25-14)12-6-4-3-5-7-12/h3-7H,8-11H2,1-2H3,(H,18,21,24). The lowest BCUT2D eigenvalue weighted by molar-refractivity contribution is -0.116. The van der Waals surface area contributed by atoms with Crippen LogP contribution in [0.3, 0.4) is 0 Å². The molecule has 0 saturated heterocycles. The van der Waals surface area contributed by atoms with Crippen LogP contribution in [0.15, 0.2) is 34.9 Å². The molecule has 3 rings (SSSR count). The fourth-order valence-corrected chi connectivity index (χ4v) is 2.93. The Hall–Kier alpha value is -2.65. The van der Waals surface area contributed by atoms with Gasteiger partial charge in [-0.2, -0.15) is 4.98 Å². The first-order valence-corrected chi connectivity index (χ1v) is 9.07. The second-order valence-electron chi connectivity index (χ2n) is 5.98. The van der Waals surface area contributed by atoms with Crippen LogP contribution in [0.25, 0.3) is 11.4 Å². The molecule has 1 aromatic carbocycles. The molecule has 0 spiro atoms. The highest BCUT2D eigenvalue weighted by Crippen LogP contribution is 2.17. The van der Waals surface area contributed by atoms with E-state index in [9.17, 15) is 4.79 Å². The van der Waals surface area contributed by atoms with E-state index >= 15 is 0 Å². The van der Waals surface area contributed by atoms with Gasteiger partial charge < -0.3 is 14.7 Å². The lowest BCUT2D eigenvalue weighted by Crippen LogP contribution is -2.14. The van der Waals surface area contributed by atoms with Gasteiger partial charge in [0, 0.05) is 31.4 Å². The Balaban J connectivity index is 1.48. The topological polar surface area (TPSA) is 97.0 Å².